The molecule has 0 aliphatic heterocycles. The van der Waals surface area contributed by atoms with Gasteiger partial charge in [0.1, 0.15) is 0 Å². The zero-order valence-electron chi connectivity index (χ0n) is 8.05. The van der Waals surface area contributed by atoms with Crippen LogP contribution < -0.4 is 11.1 Å². The van der Waals surface area contributed by atoms with E-state index >= 15 is 0 Å². The van der Waals surface area contributed by atoms with Crippen LogP contribution in [0, 0.1) is 0 Å². The van der Waals surface area contributed by atoms with Gasteiger partial charge in [-0.3, -0.25) is 0 Å². The van der Waals surface area contributed by atoms with E-state index in [0.717, 1.165) is 38.2 Å². The van der Waals surface area contributed by atoms with Crippen LogP contribution in [0.5, 0.6) is 0 Å². The lowest BCUT2D eigenvalue weighted by Crippen LogP contribution is -2.17. The zero-order valence-corrected chi connectivity index (χ0v) is 8.86. The maximum atomic E-state index is 5.38. The van der Waals surface area contributed by atoms with Gasteiger partial charge in [-0.05, 0) is 25.9 Å². The molecule has 1 heterocycles. The van der Waals surface area contributed by atoms with Crippen molar-refractivity contribution in [2.24, 2.45) is 5.73 Å². The molecule has 0 unspecified atom stereocenters. The van der Waals surface area contributed by atoms with E-state index in [1.165, 1.54) is 5.01 Å². The Kier molecular flexibility index (Phi) is 4.97. The van der Waals surface area contributed by atoms with Gasteiger partial charge < -0.3 is 11.1 Å². The first-order chi connectivity index (χ1) is 6.36. The third kappa shape index (κ3) is 3.85. The molecule has 0 atom stereocenters. The molecule has 3 N–H and O–H groups in total. The van der Waals surface area contributed by atoms with Crippen LogP contribution in [0.2, 0.25) is 0 Å². The summed E-state index contributed by atoms with van der Waals surface area (Å²) in [6, 6.07) is 0. The van der Waals surface area contributed by atoms with Gasteiger partial charge in [0.05, 0.1) is 10.7 Å². The zero-order chi connectivity index (χ0) is 9.52. The standard InChI is InChI=1S/C9H17N3S/c1-2-9-12-8(7-13-9)6-11-5-3-4-10/h7,11H,2-6,10H2,1H3. The fourth-order valence-electron chi connectivity index (χ4n) is 1.04. The first-order valence-electron chi connectivity index (χ1n) is 4.71. The second kappa shape index (κ2) is 6.07. The fraction of sp³-hybridized carbons (Fsp3) is 0.667. The van der Waals surface area contributed by atoms with Gasteiger partial charge in [-0.1, -0.05) is 6.92 Å². The lowest BCUT2D eigenvalue weighted by atomic mass is 10.4. The highest BCUT2D eigenvalue weighted by Crippen LogP contribution is 2.09. The molecule has 0 amide bonds. The molecule has 0 spiro atoms. The van der Waals surface area contributed by atoms with Crippen LogP contribution >= 0.6 is 11.3 Å². The van der Waals surface area contributed by atoms with Gasteiger partial charge in [0.2, 0.25) is 0 Å². The fourth-order valence-corrected chi connectivity index (χ4v) is 1.78. The average Bonchev–Trinajstić information content (AvgIpc) is 2.60. The van der Waals surface area contributed by atoms with Gasteiger partial charge in [0.25, 0.3) is 0 Å². The van der Waals surface area contributed by atoms with Crippen molar-refractivity contribution in [3.05, 3.63) is 16.1 Å². The number of nitrogens with zero attached hydrogens (tertiary/aromatic N) is 1. The normalized spacial score (nSPS) is 10.6. The molecule has 0 fully saturated rings. The summed E-state index contributed by atoms with van der Waals surface area (Å²) in [5.74, 6) is 0. The first-order valence-corrected chi connectivity index (χ1v) is 5.58. The number of nitrogens with two attached hydrogens (primary N) is 1. The maximum Gasteiger partial charge on any atom is 0.0926 e. The van der Waals surface area contributed by atoms with E-state index < -0.39 is 0 Å². The molecule has 4 heteroatoms. The van der Waals surface area contributed by atoms with Gasteiger partial charge in [-0.25, -0.2) is 4.98 Å². The van der Waals surface area contributed by atoms with E-state index in [1.807, 2.05) is 0 Å². The SMILES string of the molecule is CCc1nc(CNCCCN)cs1. The molecule has 0 radical (unpaired) electrons. The highest BCUT2D eigenvalue weighted by Gasteiger charge is 1.98. The van der Waals surface area contributed by atoms with Crippen LogP contribution in [0.25, 0.3) is 0 Å². The molecule has 0 aliphatic carbocycles. The van der Waals surface area contributed by atoms with Crippen molar-refractivity contribution in [3.63, 3.8) is 0 Å². The molecule has 0 bridgehead atoms. The van der Waals surface area contributed by atoms with Gasteiger partial charge in [0.15, 0.2) is 0 Å². The highest BCUT2D eigenvalue weighted by molar-refractivity contribution is 7.09. The molecule has 1 aromatic rings. The third-order valence-electron chi connectivity index (χ3n) is 1.77. The van der Waals surface area contributed by atoms with Crippen LogP contribution in [-0.2, 0) is 13.0 Å². The smallest absolute Gasteiger partial charge is 0.0926 e. The summed E-state index contributed by atoms with van der Waals surface area (Å²) in [7, 11) is 0. The minimum absolute atomic E-state index is 0.754. The summed E-state index contributed by atoms with van der Waals surface area (Å²) in [5, 5.41) is 6.64. The molecule has 3 nitrogen and oxygen atoms in total. The molecule has 13 heavy (non-hydrogen) atoms. The summed E-state index contributed by atoms with van der Waals surface area (Å²) in [5.41, 5.74) is 6.53. The third-order valence-corrected chi connectivity index (χ3v) is 2.81. The van der Waals surface area contributed by atoms with E-state index in [0.29, 0.717) is 0 Å². The molecule has 1 rings (SSSR count). The van der Waals surface area contributed by atoms with Gasteiger partial charge in [-0.2, -0.15) is 0 Å². The lowest BCUT2D eigenvalue weighted by molar-refractivity contribution is 0.647. The van der Waals surface area contributed by atoms with Crippen molar-refractivity contribution in [2.75, 3.05) is 13.1 Å². The van der Waals surface area contributed by atoms with Crippen molar-refractivity contribution in [1.82, 2.24) is 10.3 Å². The largest absolute Gasteiger partial charge is 0.330 e. The van der Waals surface area contributed by atoms with Crippen molar-refractivity contribution in [1.29, 1.82) is 0 Å². The summed E-state index contributed by atoms with van der Waals surface area (Å²) >= 11 is 1.74. The molecule has 0 saturated heterocycles. The van der Waals surface area contributed by atoms with Crippen molar-refractivity contribution in [3.8, 4) is 0 Å². The summed E-state index contributed by atoms with van der Waals surface area (Å²) < 4.78 is 0. The van der Waals surface area contributed by atoms with Crippen LogP contribution in [0.15, 0.2) is 5.38 Å². The first kappa shape index (κ1) is 10.6. The van der Waals surface area contributed by atoms with Crippen molar-refractivity contribution in [2.45, 2.75) is 26.3 Å². The highest BCUT2D eigenvalue weighted by atomic mass is 32.1. The Bertz CT molecular complexity index is 235. The number of thiazole rings is 1. The molecule has 0 saturated carbocycles. The van der Waals surface area contributed by atoms with Gasteiger partial charge >= 0.3 is 0 Å². The predicted octanol–water partition coefficient (Wildman–Crippen LogP) is 1.14. The van der Waals surface area contributed by atoms with E-state index in [4.69, 9.17) is 5.73 Å². The second-order valence-corrected chi connectivity index (χ2v) is 3.85. The van der Waals surface area contributed by atoms with Crippen LogP contribution in [0.1, 0.15) is 24.0 Å². The topological polar surface area (TPSA) is 50.9 Å². The summed E-state index contributed by atoms with van der Waals surface area (Å²) in [6.07, 6.45) is 2.07. The lowest BCUT2D eigenvalue weighted by Gasteiger charge is -1.99. The number of hydrogen-bond donors (Lipinski definition) is 2. The summed E-state index contributed by atoms with van der Waals surface area (Å²) in [6.45, 7) is 4.74. The Morgan fingerprint density at radius 2 is 2.46 bits per heavy atom. The van der Waals surface area contributed by atoms with E-state index in [2.05, 4.69) is 22.6 Å². The minimum atomic E-state index is 0.754. The molecular formula is C9H17N3S. The second-order valence-electron chi connectivity index (χ2n) is 2.91. The van der Waals surface area contributed by atoms with Crippen molar-refractivity contribution >= 4 is 11.3 Å². The molecule has 0 aromatic carbocycles. The van der Waals surface area contributed by atoms with Gasteiger partial charge in [0, 0.05) is 11.9 Å². The molecule has 74 valence electrons. The molecular weight excluding hydrogens is 182 g/mol. The number of nitrogens with one attached hydrogen (secondary N) is 1. The Morgan fingerprint density at radius 3 is 3.08 bits per heavy atom. The quantitative estimate of drug-likeness (QED) is 0.676. The Balaban J connectivity index is 2.20. The maximum absolute atomic E-state index is 5.38. The Hall–Kier alpha value is -0.450. The van der Waals surface area contributed by atoms with Crippen LogP contribution in [0.3, 0.4) is 0 Å². The van der Waals surface area contributed by atoms with Crippen molar-refractivity contribution < 1.29 is 0 Å². The van der Waals surface area contributed by atoms with E-state index in [-0.39, 0.29) is 0 Å². The van der Waals surface area contributed by atoms with Gasteiger partial charge in [-0.15, -0.1) is 11.3 Å². The van der Waals surface area contributed by atoms with E-state index in [1.54, 1.807) is 11.3 Å². The Morgan fingerprint density at radius 1 is 1.62 bits per heavy atom. The van der Waals surface area contributed by atoms with Crippen LogP contribution in [0.4, 0.5) is 0 Å². The number of aromatic nitrogens is 1. The van der Waals surface area contributed by atoms with E-state index in [9.17, 15) is 0 Å². The van der Waals surface area contributed by atoms with Crippen LogP contribution in [-0.4, -0.2) is 18.1 Å². The average molecular weight is 199 g/mol. The number of aryl methyl sites for hydroxylation is 1. The number of hydrogen-bond acceptors (Lipinski definition) is 4. The predicted molar refractivity (Wildman–Crippen MR) is 56.9 cm³/mol. The molecule has 0 aliphatic rings. The number of rotatable bonds is 6. The Labute approximate surface area is 83.4 Å². The monoisotopic (exact) mass is 199 g/mol. The molecule has 1 aromatic heterocycles. The minimum Gasteiger partial charge on any atom is -0.330 e. The summed E-state index contributed by atoms with van der Waals surface area (Å²) in [4.78, 5) is 4.45.